The van der Waals surface area contributed by atoms with Gasteiger partial charge in [0.05, 0.1) is 12.2 Å². The number of carbonyl (C=O) groups is 2. The Morgan fingerprint density at radius 3 is 2.55 bits per heavy atom. The summed E-state index contributed by atoms with van der Waals surface area (Å²) in [6.45, 7) is 3.33. The van der Waals surface area contributed by atoms with Crippen LogP contribution in [-0.2, 0) is 4.74 Å². The van der Waals surface area contributed by atoms with Crippen LogP contribution in [0.3, 0.4) is 0 Å². The van der Waals surface area contributed by atoms with Gasteiger partial charge >= 0.3 is 5.97 Å². The average Bonchev–Trinajstić information content (AvgIpc) is 2.81. The molecule has 0 radical (unpaired) electrons. The lowest BCUT2D eigenvalue weighted by Gasteiger charge is -2.02. The Kier molecular flexibility index (Phi) is 3.93. The van der Waals surface area contributed by atoms with Gasteiger partial charge in [0.15, 0.2) is 5.78 Å². The Morgan fingerprint density at radius 1 is 1.30 bits per heavy atom. The van der Waals surface area contributed by atoms with Gasteiger partial charge in [-0.1, -0.05) is 5.16 Å². The highest BCUT2D eigenvalue weighted by Crippen LogP contribution is 2.19. The maximum absolute atomic E-state index is 12.9. The van der Waals surface area contributed by atoms with Crippen molar-refractivity contribution < 1.29 is 23.2 Å². The number of esters is 1. The minimum absolute atomic E-state index is 0.0371. The van der Waals surface area contributed by atoms with E-state index in [1.165, 1.54) is 31.2 Å². The zero-order chi connectivity index (χ0) is 14.7. The van der Waals surface area contributed by atoms with Gasteiger partial charge in [-0.25, -0.2) is 9.18 Å². The molecule has 6 heteroatoms. The first-order valence-corrected chi connectivity index (χ1v) is 5.98. The van der Waals surface area contributed by atoms with Gasteiger partial charge in [0.1, 0.15) is 11.6 Å². The molecule has 0 N–H and O–H groups in total. The van der Waals surface area contributed by atoms with Crippen LogP contribution >= 0.6 is 0 Å². The van der Waals surface area contributed by atoms with Crippen molar-refractivity contribution in [3.05, 3.63) is 52.7 Å². The standard InChI is InChI=1S/C14H12FNO4/c1-3-19-14(18)12-11(8(2)20-16-12)13(17)9-4-6-10(15)7-5-9/h4-7H,3H2,1-2H3. The molecule has 0 unspecified atom stereocenters. The first-order valence-electron chi connectivity index (χ1n) is 5.98. The molecule has 104 valence electrons. The molecule has 0 saturated heterocycles. The predicted octanol–water partition coefficient (Wildman–Crippen LogP) is 2.53. The van der Waals surface area contributed by atoms with Crippen molar-refractivity contribution in [1.29, 1.82) is 0 Å². The van der Waals surface area contributed by atoms with Gasteiger partial charge in [-0.2, -0.15) is 0 Å². The van der Waals surface area contributed by atoms with Crippen LogP contribution in [0, 0.1) is 12.7 Å². The van der Waals surface area contributed by atoms with Crippen molar-refractivity contribution in [2.75, 3.05) is 6.61 Å². The number of halogens is 1. The van der Waals surface area contributed by atoms with Gasteiger partial charge in [-0.3, -0.25) is 4.79 Å². The molecule has 0 bridgehead atoms. The van der Waals surface area contributed by atoms with E-state index in [4.69, 9.17) is 9.26 Å². The molecule has 0 atom stereocenters. The second kappa shape index (κ2) is 5.64. The summed E-state index contributed by atoms with van der Waals surface area (Å²) in [6.07, 6.45) is 0. The highest BCUT2D eigenvalue weighted by Gasteiger charge is 2.27. The molecule has 0 amide bonds. The van der Waals surface area contributed by atoms with Crippen molar-refractivity contribution in [3.63, 3.8) is 0 Å². The first-order chi connectivity index (χ1) is 9.54. The third-order valence-corrected chi connectivity index (χ3v) is 2.66. The van der Waals surface area contributed by atoms with E-state index in [0.717, 1.165) is 0 Å². The van der Waals surface area contributed by atoms with Crippen molar-refractivity contribution >= 4 is 11.8 Å². The summed E-state index contributed by atoms with van der Waals surface area (Å²) < 4.78 is 22.6. The van der Waals surface area contributed by atoms with E-state index in [2.05, 4.69) is 5.16 Å². The number of hydrogen-bond acceptors (Lipinski definition) is 5. The third-order valence-electron chi connectivity index (χ3n) is 2.66. The van der Waals surface area contributed by atoms with E-state index in [-0.39, 0.29) is 29.2 Å². The molecule has 0 spiro atoms. The summed E-state index contributed by atoms with van der Waals surface area (Å²) >= 11 is 0. The Morgan fingerprint density at radius 2 is 1.95 bits per heavy atom. The number of carbonyl (C=O) groups excluding carboxylic acids is 2. The molecule has 0 aliphatic rings. The van der Waals surface area contributed by atoms with Crippen LogP contribution in [0.5, 0.6) is 0 Å². The van der Waals surface area contributed by atoms with E-state index in [1.54, 1.807) is 6.92 Å². The molecule has 0 aliphatic heterocycles. The largest absolute Gasteiger partial charge is 0.461 e. The molecule has 5 nitrogen and oxygen atoms in total. The molecule has 1 aromatic carbocycles. The van der Waals surface area contributed by atoms with Gasteiger partial charge in [-0.15, -0.1) is 0 Å². The number of rotatable bonds is 4. The van der Waals surface area contributed by atoms with E-state index >= 15 is 0 Å². The summed E-state index contributed by atoms with van der Waals surface area (Å²) in [7, 11) is 0. The number of aryl methyl sites for hydroxylation is 1. The topological polar surface area (TPSA) is 69.4 Å². The van der Waals surface area contributed by atoms with Crippen LogP contribution in [0.25, 0.3) is 0 Å². The van der Waals surface area contributed by atoms with Gasteiger partial charge in [0, 0.05) is 5.56 Å². The van der Waals surface area contributed by atoms with Gasteiger partial charge in [0.25, 0.3) is 0 Å². The molecule has 0 saturated carbocycles. The molecule has 1 aromatic heterocycles. The SMILES string of the molecule is CCOC(=O)c1noc(C)c1C(=O)c1ccc(F)cc1. The highest BCUT2D eigenvalue weighted by molar-refractivity contribution is 6.14. The van der Waals surface area contributed by atoms with Crippen LogP contribution in [0.1, 0.15) is 39.1 Å². The molecule has 1 heterocycles. The van der Waals surface area contributed by atoms with Crippen molar-refractivity contribution in [3.8, 4) is 0 Å². The van der Waals surface area contributed by atoms with E-state index in [0.29, 0.717) is 0 Å². The van der Waals surface area contributed by atoms with E-state index in [9.17, 15) is 14.0 Å². The van der Waals surface area contributed by atoms with Gasteiger partial charge in [0.2, 0.25) is 5.69 Å². The minimum Gasteiger partial charge on any atom is -0.461 e. The zero-order valence-electron chi connectivity index (χ0n) is 11.0. The number of ketones is 1. The number of ether oxygens (including phenoxy) is 1. The van der Waals surface area contributed by atoms with Crippen molar-refractivity contribution in [1.82, 2.24) is 5.16 Å². The second-order valence-electron chi connectivity index (χ2n) is 4.02. The predicted molar refractivity (Wildman–Crippen MR) is 67.0 cm³/mol. The zero-order valence-corrected chi connectivity index (χ0v) is 11.0. The lowest BCUT2D eigenvalue weighted by Crippen LogP contribution is -2.12. The summed E-state index contributed by atoms with van der Waals surface area (Å²) in [4.78, 5) is 24.1. The number of benzene rings is 1. The number of aromatic nitrogens is 1. The maximum atomic E-state index is 12.9. The fraction of sp³-hybridized carbons (Fsp3) is 0.214. The Bertz CT molecular complexity index is 646. The first kappa shape index (κ1) is 13.9. The van der Waals surface area contributed by atoms with Crippen LogP contribution in [-0.4, -0.2) is 23.5 Å². The fourth-order valence-electron chi connectivity index (χ4n) is 1.72. The third kappa shape index (κ3) is 2.59. The summed E-state index contributed by atoms with van der Waals surface area (Å²) in [5, 5.41) is 3.55. The van der Waals surface area contributed by atoms with E-state index < -0.39 is 17.6 Å². The highest BCUT2D eigenvalue weighted by atomic mass is 19.1. The normalized spacial score (nSPS) is 10.3. The maximum Gasteiger partial charge on any atom is 0.361 e. The van der Waals surface area contributed by atoms with Crippen LogP contribution in [0.15, 0.2) is 28.8 Å². The average molecular weight is 277 g/mol. The molecule has 20 heavy (non-hydrogen) atoms. The molecular formula is C14H12FNO4. The number of hydrogen-bond donors (Lipinski definition) is 0. The van der Waals surface area contributed by atoms with Crippen molar-refractivity contribution in [2.24, 2.45) is 0 Å². The smallest absolute Gasteiger partial charge is 0.361 e. The molecule has 0 fully saturated rings. The van der Waals surface area contributed by atoms with Crippen molar-refractivity contribution in [2.45, 2.75) is 13.8 Å². The summed E-state index contributed by atoms with van der Waals surface area (Å²) in [5.41, 5.74) is 0.108. The van der Waals surface area contributed by atoms with Crippen LogP contribution in [0.4, 0.5) is 4.39 Å². The van der Waals surface area contributed by atoms with Crippen LogP contribution < -0.4 is 0 Å². The molecule has 2 rings (SSSR count). The Hall–Kier alpha value is -2.50. The number of nitrogens with zero attached hydrogens (tertiary/aromatic N) is 1. The quantitative estimate of drug-likeness (QED) is 0.634. The molecular weight excluding hydrogens is 265 g/mol. The monoisotopic (exact) mass is 277 g/mol. The summed E-state index contributed by atoms with van der Waals surface area (Å²) in [5.74, 6) is -1.43. The Balaban J connectivity index is 2.41. The minimum atomic E-state index is -0.727. The van der Waals surface area contributed by atoms with E-state index in [1.807, 2.05) is 0 Å². The lowest BCUT2D eigenvalue weighted by molar-refractivity contribution is 0.0512. The van der Waals surface area contributed by atoms with Gasteiger partial charge in [-0.05, 0) is 38.1 Å². The van der Waals surface area contributed by atoms with Crippen LogP contribution in [0.2, 0.25) is 0 Å². The lowest BCUT2D eigenvalue weighted by atomic mass is 10.0. The molecule has 2 aromatic rings. The van der Waals surface area contributed by atoms with Gasteiger partial charge < -0.3 is 9.26 Å². The summed E-state index contributed by atoms with van der Waals surface area (Å²) in [6, 6.07) is 5.00. The second-order valence-corrected chi connectivity index (χ2v) is 4.02. The molecule has 0 aliphatic carbocycles. The fourth-order valence-corrected chi connectivity index (χ4v) is 1.72. The Labute approximate surface area is 114 Å².